The Hall–Kier alpha value is -2.11. The van der Waals surface area contributed by atoms with Crippen LogP contribution in [-0.2, 0) is 11.3 Å². The summed E-state index contributed by atoms with van der Waals surface area (Å²) in [6, 6.07) is 5.00. The van der Waals surface area contributed by atoms with E-state index in [0.717, 1.165) is 12.0 Å². The molecule has 0 saturated heterocycles. The molecule has 0 saturated carbocycles. The van der Waals surface area contributed by atoms with E-state index < -0.39 is 0 Å². The average molecular weight is 308 g/mol. The summed E-state index contributed by atoms with van der Waals surface area (Å²) in [6.07, 6.45) is 1.33. The largest absolute Gasteiger partial charge is 0.356 e. The van der Waals surface area contributed by atoms with E-state index >= 15 is 0 Å². The summed E-state index contributed by atoms with van der Waals surface area (Å²) >= 11 is 0. The van der Waals surface area contributed by atoms with Crippen molar-refractivity contribution in [3.63, 3.8) is 0 Å². The lowest BCUT2D eigenvalue weighted by atomic mass is 10.1. The lowest BCUT2D eigenvalue weighted by Crippen LogP contribution is -2.39. The Bertz CT molecular complexity index is 517. The van der Waals surface area contributed by atoms with Gasteiger partial charge in [-0.15, -0.1) is 0 Å². The predicted octanol–water partition coefficient (Wildman–Crippen LogP) is 1.72. The van der Waals surface area contributed by atoms with E-state index in [-0.39, 0.29) is 11.7 Å². The Kier molecular flexibility index (Phi) is 7.96. The molecule has 0 aliphatic heterocycles. The molecule has 1 rings (SSSR count). The van der Waals surface area contributed by atoms with Crippen LogP contribution in [0.3, 0.4) is 0 Å². The molecule has 1 aromatic rings. The molecule has 122 valence electrons. The van der Waals surface area contributed by atoms with Gasteiger partial charge in [-0.25, -0.2) is 4.39 Å². The third kappa shape index (κ3) is 6.56. The van der Waals surface area contributed by atoms with Crippen molar-refractivity contribution < 1.29 is 9.18 Å². The third-order valence-electron chi connectivity index (χ3n) is 3.12. The summed E-state index contributed by atoms with van der Waals surface area (Å²) < 4.78 is 13.2. The molecule has 0 atom stereocenters. The molecular formula is C16H25FN4O. The fourth-order valence-electron chi connectivity index (χ4n) is 1.87. The van der Waals surface area contributed by atoms with Crippen molar-refractivity contribution in [1.29, 1.82) is 0 Å². The van der Waals surface area contributed by atoms with Gasteiger partial charge in [0.05, 0.1) is 0 Å². The maximum atomic E-state index is 13.2. The molecule has 0 unspecified atom stereocenters. The maximum absolute atomic E-state index is 13.2. The number of nitrogens with zero attached hydrogens (tertiary/aromatic N) is 1. The summed E-state index contributed by atoms with van der Waals surface area (Å²) in [7, 11) is 1.67. The summed E-state index contributed by atoms with van der Waals surface area (Å²) in [5.74, 6) is 0.439. The lowest BCUT2D eigenvalue weighted by Gasteiger charge is -2.12. The van der Waals surface area contributed by atoms with Gasteiger partial charge in [0.25, 0.3) is 0 Å². The first-order valence-corrected chi connectivity index (χ1v) is 7.53. The normalized spacial score (nSPS) is 11.2. The van der Waals surface area contributed by atoms with Gasteiger partial charge in [0.15, 0.2) is 5.96 Å². The molecule has 0 fully saturated rings. The minimum atomic E-state index is -0.204. The average Bonchev–Trinajstić information content (AvgIpc) is 2.51. The van der Waals surface area contributed by atoms with Crippen molar-refractivity contribution in [1.82, 2.24) is 16.0 Å². The monoisotopic (exact) mass is 308 g/mol. The van der Waals surface area contributed by atoms with Gasteiger partial charge in [0.2, 0.25) is 5.91 Å². The molecule has 0 spiro atoms. The van der Waals surface area contributed by atoms with E-state index in [1.54, 1.807) is 26.1 Å². The van der Waals surface area contributed by atoms with Gasteiger partial charge in [-0.05, 0) is 30.5 Å². The van der Waals surface area contributed by atoms with Crippen LogP contribution in [-0.4, -0.2) is 32.0 Å². The molecule has 22 heavy (non-hydrogen) atoms. The first kappa shape index (κ1) is 17.9. The summed E-state index contributed by atoms with van der Waals surface area (Å²) in [6.45, 7) is 5.51. The zero-order valence-corrected chi connectivity index (χ0v) is 13.5. The van der Waals surface area contributed by atoms with Gasteiger partial charge in [-0.1, -0.05) is 19.1 Å². The number of guanidine groups is 1. The second-order valence-electron chi connectivity index (χ2n) is 5.04. The van der Waals surface area contributed by atoms with E-state index in [1.807, 2.05) is 6.92 Å². The third-order valence-corrected chi connectivity index (χ3v) is 3.12. The molecule has 1 aromatic carbocycles. The van der Waals surface area contributed by atoms with E-state index in [2.05, 4.69) is 20.9 Å². The van der Waals surface area contributed by atoms with Crippen molar-refractivity contribution >= 4 is 11.9 Å². The Morgan fingerprint density at radius 3 is 2.64 bits per heavy atom. The Morgan fingerprint density at radius 1 is 1.23 bits per heavy atom. The summed E-state index contributed by atoms with van der Waals surface area (Å²) in [5.41, 5.74) is 1.59. The first-order valence-electron chi connectivity index (χ1n) is 7.53. The van der Waals surface area contributed by atoms with E-state index in [0.29, 0.717) is 37.6 Å². The summed E-state index contributed by atoms with van der Waals surface area (Å²) in [4.78, 5) is 15.6. The van der Waals surface area contributed by atoms with Gasteiger partial charge in [-0.2, -0.15) is 0 Å². The number of halogens is 1. The van der Waals surface area contributed by atoms with Crippen LogP contribution in [0.2, 0.25) is 0 Å². The first-order chi connectivity index (χ1) is 10.6. The van der Waals surface area contributed by atoms with Gasteiger partial charge >= 0.3 is 0 Å². The number of hydrogen-bond donors (Lipinski definition) is 3. The van der Waals surface area contributed by atoms with Crippen molar-refractivity contribution in [3.8, 4) is 0 Å². The number of carbonyl (C=O) groups is 1. The molecule has 5 nitrogen and oxygen atoms in total. The number of benzene rings is 1. The number of carbonyl (C=O) groups excluding carboxylic acids is 1. The predicted molar refractivity (Wildman–Crippen MR) is 87.3 cm³/mol. The second-order valence-corrected chi connectivity index (χ2v) is 5.04. The highest BCUT2D eigenvalue weighted by atomic mass is 19.1. The Morgan fingerprint density at radius 2 is 2.00 bits per heavy atom. The fraction of sp³-hybridized carbons (Fsp3) is 0.500. The van der Waals surface area contributed by atoms with Crippen molar-refractivity contribution in [3.05, 3.63) is 35.1 Å². The summed E-state index contributed by atoms with van der Waals surface area (Å²) in [5, 5.41) is 9.03. The van der Waals surface area contributed by atoms with Crippen molar-refractivity contribution in [2.45, 2.75) is 33.2 Å². The molecule has 0 radical (unpaired) electrons. The van der Waals surface area contributed by atoms with Crippen molar-refractivity contribution in [2.24, 2.45) is 4.99 Å². The fourth-order valence-corrected chi connectivity index (χ4v) is 1.87. The standard InChI is InChI=1S/C16H25FN4O/c1-4-8-19-15(22)7-9-20-16(18-3)21-11-13-5-6-14(17)12(2)10-13/h5-6,10H,4,7-9,11H2,1-3H3,(H,19,22)(H2,18,20,21). The lowest BCUT2D eigenvalue weighted by molar-refractivity contribution is -0.120. The van der Waals surface area contributed by atoms with Crippen LogP contribution in [0.4, 0.5) is 4.39 Å². The van der Waals surface area contributed by atoms with Crippen LogP contribution < -0.4 is 16.0 Å². The minimum absolute atomic E-state index is 0.0268. The van der Waals surface area contributed by atoms with E-state index in [1.165, 1.54) is 6.07 Å². The smallest absolute Gasteiger partial charge is 0.221 e. The molecule has 6 heteroatoms. The van der Waals surface area contributed by atoms with Gasteiger partial charge in [-0.3, -0.25) is 9.79 Å². The highest BCUT2D eigenvalue weighted by molar-refractivity contribution is 5.81. The Labute approximate surface area is 131 Å². The molecule has 0 aliphatic rings. The van der Waals surface area contributed by atoms with E-state index in [9.17, 15) is 9.18 Å². The molecular weight excluding hydrogens is 283 g/mol. The molecule has 3 N–H and O–H groups in total. The SMILES string of the molecule is CCCNC(=O)CCNC(=NC)NCc1ccc(F)c(C)c1. The quantitative estimate of drug-likeness (QED) is 0.531. The second kappa shape index (κ2) is 9.76. The molecule has 0 aromatic heterocycles. The highest BCUT2D eigenvalue weighted by Crippen LogP contribution is 2.08. The van der Waals surface area contributed by atoms with Gasteiger partial charge in [0, 0.05) is 33.1 Å². The van der Waals surface area contributed by atoms with Crippen LogP contribution in [0, 0.1) is 12.7 Å². The minimum Gasteiger partial charge on any atom is -0.356 e. The Balaban J connectivity index is 2.33. The number of aryl methyl sites for hydroxylation is 1. The molecule has 0 bridgehead atoms. The molecule has 1 amide bonds. The number of rotatable bonds is 7. The molecule has 0 heterocycles. The van der Waals surface area contributed by atoms with Crippen LogP contribution in [0.1, 0.15) is 30.9 Å². The van der Waals surface area contributed by atoms with Crippen molar-refractivity contribution in [2.75, 3.05) is 20.1 Å². The highest BCUT2D eigenvalue weighted by Gasteiger charge is 2.03. The number of amides is 1. The van der Waals surface area contributed by atoms with Crippen LogP contribution in [0.5, 0.6) is 0 Å². The zero-order chi connectivity index (χ0) is 16.4. The van der Waals surface area contributed by atoms with Gasteiger partial charge in [0.1, 0.15) is 5.82 Å². The number of aliphatic imine (C=N–C) groups is 1. The van der Waals surface area contributed by atoms with E-state index in [4.69, 9.17) is 0 Å². The van der Waals surface area contributed by atoms with Crippen LogP contribution in [0.25, 0.3) is 0 Å². The van der Waals surface area contributed by atoms with Gasteiger partial charge < -0.3 is 16.0 Å². The molecule has 0 aliphatic carbocycles. The van der Waals surface area contributed by atoms with Crippen LogP contribution >= 0.6 is 0 Å². The number of nitrogens with one attached hydrogen (secondary N) is 3. The zero-order valence-electron chi connectivity index (χ0n) is 13.5. The topological polar surface area (TPSA) is 65.5 Å². The maximum Gasteiger partial charge on any atom is 0.221 e. The van der Waals surface area contributed by atoms with Crippen LogP contribution in [0.15, 0.2) is 23.2 Å². The number of hydrogen-bond acceptors (Lipinski definition) is 2.